The van der Waals surface area contributed by atoms with E-state index < -0.39 is 0 Å². The quantitative estimate of drug-likeness (QED) is 0.640. The summed E-state index contributed by atoms with van der Waals surface area (Å²) in [5.74, 6) is 0. The Balaban J connectivity index is 2.75. The van der Waals surface area contributed by atoms with Gasteiger partial charge in [0.25, 0.3) is 0 Å². The van der Waals surface area contributed by atoms with Gasteiger partial charge < -0.3 is 16.2 Å². The molecule has 1 aromatic carbocycles. The summed E-state index contributed by atoms with van der Waals surface area (Å²) < 4.78 is 0. The molecule has 1 rings (SSSR count). The zero-order valence-electron chi connectivity index (χ0n) is 8.75. The topological polar surface area (TPSA) is 58.3 Å². The van der Waals surface area contributed by atoms with Crippen LogP contribution in [0.4, 0.5) is 11.4 Å². The first kappa shape index (κ1) is 10.9. The third-order valence-electron chi connectivity index (χ3n) is 2.26. The van der Waals surface area contributed by atoms with Gasteiger partial charge in [-0.2, -0.15) is 0 Å². The minimum absolute atomic E-state index is 0.194. The summed E-state index contributed by atoms with van der Waals surface area (Å²) in [7, 11) is 0. The largest absolute Gasteiger partial charge is 0.397 e. The van der Waals surface area contributed by atoms with Crippen LogP contribution in [0.2, 0.25) is 0 Å². The number of nitrogens with one attached hydrogen (secondary N) is 1. The van der Waals surface area contributed by atoms with Crippen molar-refractivity contribution in [1.82, 2.24) is 0 Å². The Morgan fingerprint density at radius 1 is 1.50 bits per heavy atom. The van der Waals surface area contributed by atoms with E-state index in [0.29, 0.717) is 0 Å². The number of anilines is 2. The van der Waals surface area contributed by atoms with E-state index >= 15 is 0 Å². The second kappa shape index (κ2) is 4.86. The van der Waals surface area contributed by atoms with Crippen molar-refractivity contribution in [2.45, 2.75) is 26.3 Å². The molecular weight excluding hydrogens is 176 g/mol. The minimum atomic E-state index is 0.194. The molecule has 0 aliphatic rings. The molecule has 0 aromatic heterocycles. The third kappa shape index (κ3) is 2.64. The maximum Gasteiger partial charge on any atom is 0.0605 e. The summed E-state index contributed by atoms with van der Waals surface area (Å²) in [6.07, 6.45) is 0.730. The van der Waals surface area contributed by atoms with E-state index in [9.17, 15) is 0 Å². The van der Waals surface area contributed by atoms with Gasteiger partial charge in [-0.3, -0.25) is 0 Å². The Kier molecular flexibility index (Phi) is 3.77. The fourth-order valence-electron chi connectivity index (χ4n) is 1.40. The fraction of sp³-hybridized carbons (Fsp3) is 0.455. The van der Waals surface area contributed by atoms with E-state index in [0.717, 1.165) is 23.4 Å². The maximum absolute atomic E-state index is 8.78. The molecule has 0 aliphatic carbocycles. The van der Waals surface area contributed by atoms with Gasteiger partial charge in [-0.15, -0.1) is 0 Å². The molecule has 0 heterocycles. The molecule has 1 unspecified atom stereocenters. The van der Waals surface area contributed by atoms with Crippen molar-refractivity contribution in [2.75, 3.05) is 17.7 Å². The molecule has 0 aliphatic heterocycles. The zero-order chi connectivity index (χ0) is 10.6. The van der Waals surface area contributed by atoms with E-state index in [1.54, 1.807) is 0 Å². The van der Waals surface area contributed by atoms with Crippen LogP contribution in [-0.2, 0) is 0 Å². The Hall–Kier alpha value is -1.22. The predicted molar refractivity (Wildman–Crippen MR) is 60.4 cm³/mol. The van der Waals surface area contributed by atoms with Gasteiger partial charge in [-0.1, -0.05) is 12.1 Å². The average Bonchev–Trinajstić information content (AvgIpc) is 2.12. The lowest BCUT2D eigenvalue weighted by Gasteiger charge is -2.17. The molecule has 0 radical (unpaired) electrons. The van der Waals surface area contributed by atoms with Crippen LogP contribution < -0.4 is 11.1 Å². The van der Waals surface area contributed by atoms with Crippen LogP contribution in [0, 0.1) is 6.92 Å². The Labute approximate surface area is 84.9 Å². The van der Waals surface area contributed by atoms with Crippen molar-refractivity contribution in [3.05, 3.63) is 23.8 Å². The van der Waals surface area contributed by atoms with E-state index in [1.165, 1.54) is 0 Å². The number of aryl methyl sites for hydroxylation is 1. The van der Waals surface area contributed by atoms with E-state index in [-0.39, 0.29) is 12.6 Å². The van der Waals surface area contributed by atoms with Crippen LogP contribution in [0.5, 0.6) is 0 Å². The summed E-state index contributed by atoms with van der Waals surface area (Å²) in [6, 6.07) is 6.07. The Morgan fingerprint density at radius 3 is 2.79 bits per heavy atom. The van der Waals surface area contributed by atoms with Gasteiger partial charge in [0.2, 0.25) is 0 Å². The zero-order valence-corrected chi connectivity index (χ0v) is 8.75. The summed E-state index contributed by atoms with van der Waals surface area (Å²) in [4.78, 5) is 0. The number of aliphatic hydroxyl groups excluding tert-OH is 1. The lowest BCUT2D eigenvalue weighted by molar-refractivity contribution is 0.282. The Morgan fingerprint density at radius 2 is 2.21 bits per heavy atom. The molecule has 0 amide bonds. The number of nitrogens with two attached hydrogens (primary N) is 1. The molecule has 4 N–H and O–H groups in total. The van der Waals surface area contributed by atoms with Gasteiger partial charge in [0.15, 0.2) is 0 Å². The normalized spacial score (nSPS) is 12.5. The van der Waals surface area contributed by atoms with Gasteiger partial charge in [0.05, 0.1) is 11.4 Å². The van der Waals surface area contributed by atoms with E-state index in [2.05, 4.69) is 5.32 Å². The summed E-state index contributed by atoms with van der Waals surface area (Å²) >= 11 is 0. The third-order valence-corrected chi connectivity index (χ3v) is 2.26. The number of aliphatic hydroxyl groups is 1. The van der Waals surface area contributed by atoms with Crippen molar-refractivity contribution in [1.29, 1.82) is 0 Å². The van der Waals surface area contributed by atoms with Gasteiger partial charge in [0.1, 0.15) is 0 Å². The molecule has 1 atom stereocenters. The van der Waals surface area contributed by atoms with Crippen LogP contribution in [0.25, 0.3) is 0 Å². The second-order valence-corrected chi connectivity index (χ2v) is 3.60. The van der Waals surface area contributed by atoms with Gasteiger partial charge in [-0.25, -0.2) is 0 Å². The summed E-state index contributed by atoms with van der Waals surface area (Å²) in [5, 5.41) is 12.1. The fourth-order valence-corrected chi connectivity index (χ4v) is 1.40. The monoisotopic (exact) mass is 194 g/mol. The van der Waals surface area contributed by atoms with Crippen LogP contribution in [0.15, 0.2) is 18.2 Å². The first-order valence-corrected chi connectivity index (χ1v) is 4.87. The second-order valence-electron chi connectivity index (χ2n) is 3.60. The van der Waals surface area contributed by atoms with Crippen LogP contribution in [0.1, 0.15) is 18.9 Å². The van der Waals surface area contributed by atoms with Crippen molar-refractivity contribution >= 4 is 11.4 Å². The van der Waals surface area contributed by atoms with Gasteiger partial charge >= 0.3 is 0 Å². The Bertz CT molecular complexity index is 279. The number of benzene rings is 1. The van der Waals surface area contributed by atoms with E-state index in [4.69, 9.17) is 10.8 Å². The van der Waals surface area contributed by atoms with Crippen LogP contribution >= 0.6 is 0 Å². The molecule has 0 bridgehead atoms. The van der Waals surface area contributed by atoms with Gasteiger partial charge in [-0.05, 0) is 31.9 Å². The van der Waals surface area contributed by atoms with Crippen molar-refractivity contribution in [3.8, 4) is 0 Å². The average molecular weight is 194 g/mol. The number of hydrogen-bond acceptors (Lipinski definition) is 3. The molecule has 78 valence electrons. The molecule has 3 heteroatoms. The molecule has 0 fully saturated rings. The summed E-state index contributed by atoms with van der Waals surface area (Å²) in [5.41, 5.74) is 8.71. The van der Waals surface area contributed by atoms with Gasteiger partial charge in [0, 0.05) is 12.6 Å². The highest BCUT2D eigenvalue weighted by atomic mass is 16.3. The number of nitrogen functional groups attached to an aromatic ring is 1. The van der Waals surface area contributed by atoms with Crippen molar-refractivity contribution in [3.63, 3.8) is 0 Å². The first-order chi connectivity index (χ1) is 6.65. The lowest BCUT2D eigenvalue weighted by atomic mass is 10.1. The standard InChI is InChI=1S/C11H18N2O/c1-8-4-3-5-10(12)11(8)13-9(2)6-7-14/h3-5,9,13-14H,6-7,12H2,1-2H3. The highest BCUT2D eigenvalue weighted by Crippen LogP contribution is 2.23. The smallest absolute Gasteiger partial charge is 0.0605 e. The lowest BCUT2D eigenvalue weighted by Crippen LogP contribution is -2.18. The van der Waals surface area contributed by atoms with Crippen molar-refractivity contribution < 1.29 is 5.11 Å². The molecule has 3 nitrogen and oxygen atoms in total. The first-order valence-electron chi connectivity index (χ1n) is 4.87. The maximum atomic E-state index is 8.78. The summed E-state index contributed by atoms with van der Waals surface area (Å²) in [6.45, 7) is 4.24. The van der Waals surface area contributed by atoms with E-state index in [1.807, 2.05) is 32.0 Å². The number of hydrogen-bond donors (Lipinski definition) is 3. The SMILES string of the molecule is Cc1cccc(N)c1NC(C)CCO. The molecule has 0 spiro atoms. The molecule has 14 heavy (non-hydrogen) atoms. The molecule has 1 aromatic rings. The number of para-hydroxylation sites is 1. The van der Waals surface area contributed by atoms with Crippen LogP contribution in [-0.4, -0.2) is 17.8 Å². The van der Waals surface area contributed by atoms with Crippen LogP contribution in [0.3, 0.4) is 0 Å². The molecular formula is C11H18N2O. The highest BCUT2D eigenvalue weighted by Gasteiger charge is 2.05. The molecule has 0 saturated carbocycles. The van der Waals surface area contributed by atoms with Crippen molar-refractivity contribution in [2.24, 2.45) is 0 Å². The predicted octanol–water partition coefficient (Wildman–Crippen LogP) is 1.76. The molecule has 0 saturated heterocycles. The number of rotatable bonds is 4. The minimum Gasteiger partial charge on any atom is -0.397 e. The highest BCUT2D eigenvalue weighted by molar-refractivity contribution is 5.70.